The minimum Gasteiger partial charge on any atom is -0.438 e. The predicted octanol–water partition coefficient (Wildman–Crippen LogP) is 1.73. The Morgan fingerprint density at radius 2 is 2.04 bits per heavy atom. The molecule has 3 rings (SSSR count). The van der Waals surface area contributed by atoms with Crippen LogP contribution in [0.2, 0.25) is 0 Å². The summed E-state index contributed by atoms with van der Waals surface area (Å²) in [7, 11) is -2.43. The second-order valence-electron chi connectivity index (χ2n) is 4.58. The second kappa shape index (κ2) is 6.11. The lowest BCUT2D eigenvalue weighted by molar-refractivity contribution is 0.0918. The lowest BCUT2D eigenvalue weighted by Crippen LogP contribution is -2.22. The molecular formula is C14H13N3O4S2. The Balaban J connectivity index is 1.70. The summed E-state index contributed by atoms with van der Waals surface area (Å²) in [6.45, 7) is 0.243. The molecule has 9 heteroatoms. The van der Waals surface area contributed by atoms with E-state index >= 15 is 0 Å². The van der Waals surface area contributed by atoms with Gasteiger partial charge >= 0.3 is 0 Å². The Morgan fingerprint density at radius 3 is 2.78 bits per heavy atom. The van der Waals surface area contributed by atoms with E-state index in [0.29, 0.717) is 0 Å². The van der Waals surface area contributed by atoms with E-state index in [2.05, 4.69) is 15.0 Å². The lowest BCUT2D eigenvalue weighted by Gasteiger charge is -2.00. The number of amides is 1. The summed E-state index contributed by atoms with van der Waals surface area (Å²) in [6.07, 6.45) is 0. The molecule has 120 valence electrons. The third-order valence-corrected chi connectivity index (χ3v) is 5.40. The summed E-state index contributed by atoms with van der Waals surface area (Å²) in [5.41, 5.74) is 0.877. The molecule has 2 heterocycles. The van der Waals surface area contributed by atoms with Crippen molar-refractivity contribution in [1.29, 1.82) is 0 Å². The topological polar surface area (TPSA) is 101 Å². The highest BCUT2D eigenvalue weighted by Gasteiger charge is 2.19. The van der Waals surface area contributed by atoms with E-state index in [1.165, 1.54) is 30.5 Å². The quantitative estimate of drug-likeness (QED) is 0.729. The average Bonchev–Trinajstić information content (AvgIpc) is 3.19. The lowest BCUT2D eigenvalue weighted by atomic mass is 10.3. The van der Waals surface area contributed by atoms with Gasteiger partial charge in [-0.3, -0.25) is 4.79 Å². The van der Waals surface area contributed by atoms with Gasteiger partial charge in [0.25, 0.3) is 15.9 Å². The van der Waals surface area contributed by atoms with Crippen molar-refractivity contribution in [3.8, 4) is 0 Å². The zero-order valence-corrected chi connectivity index (χ0v) is 13.7. The Kier molecular flexibility index (Phi) is 4.16. The van der Waals surface area contributed by atoms with Crippen LogP contribution in [0.3, 0.4) is 0 Å². The minimum atomic E-state index is -3.70. The van der Waals surface area contributed by atoms with Crippen LogP contribution in [0.4, 0.5) is 0 Å². The van der Waals surface area contributed by atoms with Gasteiger partial charge in [-0.05, 0) is 31.3 Å². The van der Waals surface area contributed by atoms with Crippen molar-refractivity contribution in [3.05, 3.63) is 47.2 Å². The summed E-state index contributed by atoms with van der Waals surface area (Å²) in [5, 5.41) is 3.12. The molecule has 0 spiro atoms. The molecule has 0 aliphatic carbocycles. The molecule has 0 aliphatic heterocycles. The molecular weight excluding hydrogens is 338 g/mol. The largest absolute Gasteiger partial charge is 0.438 e. The normalized spacial score (nSPS) is 11.7. The first-order valence-corrected chi connectivity index (χ1v) is 8.95. The molecule has 0 atom stereocenters. The number of fused-ring (bicyclic) bond motifs is 1. The number of nitrogens with zero attached hydrogens (tertiary/aromatic N) is 1. The summed E-state index contributed by atoms with van der Waals surface area (Å²) >= 11 is 1.49. The smallest absolute Gasteiger partial charge is 0.287 e. The van der Waals surface area contributed by atoms with Crippen molar-refractivity contribution >= 4 is 37.5 Å². The standard InChI is InChI=1S/C14H13N3O4S2/c1-15-23(19,20)13-7-6-10(21-13)14(18)16-8-12-17-9-4-2-3-5-11(9)22-12/h2-7,15H,8H2,1H3,(H,16,18). The van der Waals surface area contributed by atoms with E-state index in [4.69, 9.17) is 4.42 Å². The molecule has 1 aromatic carbocycles. The maximum absolute atomic E-state index is 12.0. The highest BCUT2D eigenvalue weighted by atomic mass is 32.2. The van der Waals surface area contributed by atoms with Gasteiger partial charge in [-0.1, -0.05) is 12.1 Å². The van der Waals surface area contributed by atoms with E-state index in [1.807, 2.05) is 24.3 Å². The van der Waals surface area contributed by atoms with Gasteiger partial charge in [-0.2, -0.15) is 0 Å². The Hall–Kier alpha value is -2.23. The molecule has 0 radical (unpaired) electrons. The van der Waals surface area contributed by atoms with Gasteiger partial charge in [0.1, 0.15) is 5.01 Å². The van der Waals surface area contributed by atoms with Gasteiger partial charge in [-0.25, -0.2) is 18.1 Å². The van der Waals surface area contributed by atoms with E-state index in [1.54, 1.807) is 0 Å². The van der Waals surface area contributed by atoms with Crippen molar-refractivity contribution in [2.24, 2.45) is 0 Å². The molecule has 1 amide bonds. The van der Waals surface area contributed by atoms with Crippen molar-refractivity contribution in [1.82, 2.24) is 15.0 Å². The maximum atomic E-state index is 12.0. The number of benzene rings is 1. The van der Waals surface area contributed by atoms with Crippen LogP contribution in [0.25, 0.3) is 10.2 Å². The molecule has 2 N–H and O–H groups in total. The number of rotatable bonds is 5. The SMILES string of the molecule is CNS(=O)(=O)c1ccc(C(=O)NCc2nc3ccccc3s2)o1. The molecule has 7 nitrogen and oxygen atoms in total. The molecule has 0 unspecified atom stereocenters. The highest BCUT2D eigenvalue weighted by Crippen LogP contribution is 2.21. The molecule has 0 bridgehead atoms. The van der Waals surface area contributed by atoms with Crippen LogP contribution in [0.15, 0.2) is 45.9 Å². The first-order chi connectivity index (χ1) is 11.0. The molecule has 3 aromatic rings. The minimum absolute atomic E-state index is 0.0695. The number of thiazole rings is 1. The van der Waals surface area contributed by atoms with Gasteiger partial charge < -0.3 is 9.73 Å². The zero-order chi connectivity index (χ0) is 16.4. The fraction of sp³-hybridized carbons (Fsp3) is 0.143. The number of hydrogen-bond acceptors (Lipinski definition) is 6. The maximum Gasteiger partial charge on any atom is 0.287 e. The third-order valence-electron chi connectivity index (χ3n) is 3.08. The molecule has 0 saturated carbocycles. The Bertz CT molecular complexity index is 926. The molecule has 2 aromatic heterocycles. The number of sulfonamides is 1. The number of carbonyl (C=O) groups excluding carboxylic acids is 1. The van der Waals surface area contributed by atoms with E-state index in [0.717, 1.165) is 15.2 Å². The number of carbonyl (C=O) groups is 1. The van der Waals surface area contributed by atoms with Crippen LogP contribution in [0, 0.1) is 0 Å². The van der Waals surface area contributed by atoms with Crippen LogP contribution < -0.4 is 10.0 Å². The first-order valence-electron chi connectivity index (χ1n) is 6.65. The van der Waals surface area contributed by atoms with Gasteiger partial charge in [0.05, 0.1) is 16.8 Å². The fourth-order valence-corrected chi connectivity index (χ4v) is 3.48. The predicted molar refractivity (Wildman–Crippen MR) is 85.7 cm³/mol. The highest BCUT2D eigenvalue weighted by molar-refractivity contribution is 7.89. The summed E-state index contributed by atoms with van der Waals surface area (Å²) in [4.78, 5) is 16.4. The molecule has 23 heavy (non-hydrogen) atoms. The zero-order valence-electron chi connectivity index (χ0n) is 12.1. The number of nitrogens with one attached hydrogen (secondary N) is 2. The first kappa shape index (κ1) is 15.7. The third kappa shape index (κ3) is 3.26. The molecule has 0 fully saturated rings. The summed E-state index contributed by atoms with van der Waals surface area (Å²) < 4.78 is 31.4. The number of furan rings is 1. The van der Waals surface area contributed by atoms with Gasteiger partial charge in [0.2, 0.25) is 5.09 Å². The summed E-state index contributed by atoms with van der Waals surface area (Å²) in [6, 6.07) is 10.2. The number of para-hydroxylation sites is 1. The van der Waals surface area contributed by atoms with Crippen LogP contribution in [0.1, 0.15) is 15.6 Å². The van der Waals surface area contributed by atoms with Gasteiger partial charge in [0, 0.05) is 0 Å². The van der Waals surface area contributed by atoms with Gasteiger partial charge in [0.15, 0.2) is 5.76 Å². The van der Waals surface area contributed by atoms with Gasteiger partial charge in [-0.15, -0.1) is 11.3 Å². The molecule has 0 aliphatic rings. The second-order valence-corrected chi connectivity index (χ2v) is 7.52. The van der Waals surface area contributed by atoms with Crippen molar-refractivity contribution in [3.63, 3.8) is 0 Å². The van der Waals surface area contributed by atoms with Crippen molar-refractivity contribution in [2.45, 2.75) is 11.6 Å². The monoisotopic (exact) mass is 351 g/mol. The van der Waals surface area contributed by atoms with Crippen molar-refractivity contribution in [2.75, 3.05) is 7.05 Å². The molecule has 0 saturated heterocycles. The van der Waals surface area contributed by atoms with Crippen LogP contribution in [0.5, 0.6) is 0 Å². The summed E-state index contributed by atoms with van der Waals surface area (Å²) in [5.74, 6) is -0.568. The van der Waals surface area contributed by atoms with Crippen LogP contribution in [-0.2, 0) is 16.6 Å². The average molecular weight is 351 g/mol. The van der Waals surface area contributed by atoms with Crippen LogP contribution >= 0.6 is 11.3 Å². The van der Waals surface area contributed by atoms with Crippen LogP contribution in [-0.4, -0.2) is 26.4 Å². The fourth-order valence-electron chi connectivity index (χ4n) is 1.93. The van der Waals surface area contributed by atoms with Crippen molar-refractivity contribution < 1.29 is 17.6 Å². The van der Waals surface area contributed by atoms with E-state index < -0.39 is 15.9 Å². The Morgan fingerprint density at radius 1 is 1.26 bits per heavy atom. The van der Waals surface area contributed by atoms with E-state index in [9.17, 15) is 13.2 Å². The van der Waals surface area contributed by atoms with E-state index in [-0.39, 0.29) is 17.4 Å². The number of aromatic nitrogens is 1. The Labute approximate surface area is 136 Å². The number of hydrogen-bond donors (Lipinski definition) is 2.